The molecule has 1 aromatic carbocycles. The number of hydrogen-bond donors (Lipinski definition) is 1. The molecule has 0 fully saturated rings. The number of halogens is 1. The molecule has 6 heteroatoms. The molecular formula is C14H16BrNO3S. The summed E-state index contributed by atoms with van der Waals surface area (Å²) in [6.45, 7) is 3.99. The van der Waals surface area contributed by atoms with E-state index >= 15 is 0 Å². The SMILES string of the molecule is [CH2-]CSC(=O)C=[NH+]C(=O)CCCOc1cccc(Br)c1. The van der Waals surface area contributed by atoms with Gasteiger partial charge in [0.15, 0.2) is 0 Å². The number of carbonyl (C=O) groups is 2. The van der Waals surface area contributed by atoms with Crippen molar-refractivity contribution in [2.24, 2.45) is 0 Å². The van der Waals surface area contributed by atoms with Crippen molar-refractivity contribution in [2.45, 2.75) is 12.8 Å². The van der Waals surface area contributed by atoms with Crippen LogP contribution < -0.4 is 9.73 Å². The van der Waals surface area contributed by atoms with Crippen LogP contribution in [0.15, 0.2) is 28.7 Å². The summed E-state index contributed by atoms with van der Waals surface area (Å²) < 4.78 is 6.45. The van der Waals surface area contributed by atoms with E-state index in [0.717, 1.165) is 22.0 Å². The van der Waals surface area contributed by atoms with Crippen LogP contribution in [0.25, 0.3) is 0 Å². The molecule has 1 rings (SSSR count). The van der Waals surface area contributed by atoms with Gasteiger partial charge in [-0.15, -0.1) is 17.5 Å². The predicted octanol–water partition coefficient (Wildman–Crippen LogP) is 1.38. The first-order valence-electron chi connectivity index (χ1n) is 6.09. The summed E-state index contributed by atoms with van der Waals surface area (Å²) in [6, 6.07) is 7.51. The van der Waals surface area contributed by atoms with Gasteiger partial charge in [-0.05, 0) is 24.6 Å². The maximum absolute atomic E-state index is 11.4. The van der Waals surface area contributed by atoms with E-state index in [-0.39, 0.29) is 11.0 Å². The summed E-state index contributed by atoms with van der Waals surface area (Å²) in [5, 5.41) is -0.196. The number of amides is 1. The minimum atomic E-state index is -0.196. The Bertz CT molecular complexity index is 491. The number of carbonyl (C=O) groups excluding carboxylic acids is 2. The van der Waals surface area contributed by atoms with E-state index in [4.69, 9.17) is 4.74 Å². The zero-order valence-electron chi connectivity index (χ0n) is 10.9. The highest BCUT2D eigenvalue weighted by molar-refractivity contribution is 9.10. The Morgan fingerprint density at radius 2 is 2.25 bits per heavy atom. The summed E-state index contributed by atoms with van der Waals surface area (Å²) in [5.74, 6) is 1.01. The van der Waals surface area contributed by atoms with Gasteiger partial charge in [-0.25, -0.2) is 4.79 Å². The van der Waals surface area contributed by atoms with Gasteiger partial charge in [-0.2, -0.15) is 4.99 Å². The smallest absolute Gasteiger partial charge is 0.385 e. The number of rotatable bonds is 7. The molecule has 0 aliphatic carbocycles. The molecule has 0 unspecified atom stereocenters. The van der Waals surface area contributed by atoms with Crippen LogP contribution >= 0.6 is 27.7 Å². The fourth-order valence-corrected chi connectivity index (χ4v) is 2.06. The van der Waals surface area contributed by atoms with Gasteiger partial charge in [0, 0.05) is 4.47 Å². The van der Waals surface area contributed by atoms with E-state index in [1.807, 2.05) is 24.3 Å². The third-order valence-electron chi connectivity index (χ3n) is 2.21. The molecule has 0 saturated heterocycles. The summed E-state index contributed by atoms with van der Waals surface area (Å²) in [4.78, 5) is 25.0. The van der Waals surface area contributed by atoms with Crippen molar-refractivity contribution in [1.82, 2.24) is 0 Å². The van der Waals surface area contributed by atoms with Crippen molar-refractivity contribution in [2.75, 3.05) is 12.4 Å². The zero-order valence-corrected chi connectivity index (χ0v) is 13.3. The fraction of sp³-hybridized carbons (Fsp3) is 0.286. The second-order valence-electron chi connectivity index (χ2n) is 3.79. The Kier molecular flexibility index (Phi) is 8.22. The maximum atomic E-state index is 11.4. The van der Waals surface area contributed by atoms with Crippen LogP contribution in [-0.2, 0) is 9.59 Å². The Labute approximate surface area is 131 Å². The number of hydrogen-bond acceptors (Lipinski definition) is 4. The van der Waals surface area contributed by atoms with Crippen LogP contribution in [0.2, 0.25) is 0 Å². The summed E-state index contributed by atoms with van der Waals surface area (Å²) in [6.07, 6.45) is 2.07. The molecule has 20 heavy (non-hydrogen) atoms. The van der Waals surface area contributed by atoms with Gasteiger partial charge in [0.25, 0.3) is 5.12 Å². The van der Waals surface area contributed by atoms with Crippen LogP contribution in [0.5, 0.6) is 5.75 Å². The van der Waals surface area contributed by atoms with Crippen molar-refractivity contribution < 1.29 is 19.3 Å². The van der Waals surface area contributed by atoms with Crippen molar-refractivity contribution >= 4 is 44.9 Å². The third-order valence-corrected chi connectivity index (χ3v) is 3.31. The third kappa shape index (κ3) is 7.45. The highest BCUT2D eigenvalue weighted by Crippen LogP contribution is 2.17. The van der Waals surface area contributed by atoms with E-state index in [1.54, 1.807) is 0 Å². The monoisotopic (exact) mass is 357 g/mol. The molecule has 0 aliphatic rings. The largest absolute Gasteiger partial charge is 0.494 e. The van der Waals surface area contributed by atoms with Gasteiger partial charge in [-0.1, -0.05) is 22.0 Å². The molecule has 0 atom stereocenters. The second kappa shape index (κ2) is 9.72. The average Bonchev–Trinajstić information content (AvgIpc) is 2.42. The molecule has 1 N–H and O–H groups in total. The molecule has 0 heterocycles. The Morgan fingerprint density at radius 1 is 1.45 bits per heavy atom. The minimum absolute atomic E-state index is 0.194. The first-order chi connectivity index (χ1) is 9.61. The maximum Gasteiger partial charge on any atom is 0.385 e. The molecule has 0 aromatic heterocycles. The topological polar surface area (TPSA) is 57.3 Å². The molecule has 0 bridgehead atoms. The van der Waals surface area contributed by atoms with Crippen LogP contribution in [0, 0.1) is 6.92 Å². The molecule has 108 valence electrons. The van der Waals surface area contributed by atoms with Gasteiger partial charge >= 0.3 is 5.91 Å². The average molecular weight is 358 g/mol. The number of ether oxygens (including phenoxy) is 1. The van der Waals surface area contributed by atoms with E-state index < -0.39 is 0 Å². The number of nitrogens with one attached hydrogen (secondary N) is 1. The highest BCUT2D eigenvalue weighted by atomic mass is 79.9. The Hall–Kier alpha value is -1.14. The van der Waals surface area contributed by atoms with E-state index in [9.17, 15) is 9.59 Å². The van der Waals surface area contributed by atoms with Gasteiger partial charge in [-0.3, -0.25) is 4.79 Å². The molecule has 0 aliphatic heterocycles. The quantitative estimate of drug-likeness (QED) is 0.455. The first-order valence-corrected chi connectivity index (χ1v) is 7.86. The van der Waals surface area contributed by atoms with Crippen molar-refractivity contribution in [3.05, 3.63) is 35.7 Å². The van der Waals surface area contributed by atoms with E-state index in [0.29, 0.717) is 25.2 Å². The molecule has 0 saturated carbocycles. The molecule has 0 radical (unpaired) electrons. The number of benzene rings is 1. The van der Waals surface area contributed by atoms with Gasteiger partial charge in [0.05, 0.1) is 13.0 Å². The summed E-state index contributed by atoms with van der Waals surface area (Å²) in [7, 11) is 0. The lowest BCUT2D eigenvalue weighted by Gasteiger charge is -2.04. The predicted molar refractivity (Wildman–Crippen MR) is 83.7 cm³/mol. The Morgan fingerprint density at radius 3 is 2.95 bits per heavy atom. The first kappa shape index (κ1) is 16.9. The van der Waals surface area contributed by atoms with Crippen LogP contribution in [-0.4, -0.2) is 29.6 Å². The van der Waals surface area contributed by atoms with Gasteiger partial charge < -0.3 is 11.7 Å². The number of thioether (sulfide) groups is 1. The lowest BCUT2D eigenvalue weighted by Crippen LogP contribution is -2.74. The lowest BCUT2D eigenvalue weighted by molar-refractivity contribution is -0.372. The van der Waals surface area contributed by atoms with E-state index in [2.05, 4.69) is 27.8 Å². The fourth-order valence-electron chi connectivity index (χ4n) is 1.33. The molecule has 1 aromatic rings. The molecule has 0 spiro atoms. The van der Waals surface area contributed by atoms with Gasteiger partial charge in [0.1, 0.15) is 5.75 Å². The van der Waals surface area contributed by atoms with E-state index in [1.165, 1.54) is 6.21 Å². The Balaban J connectivity index is 2.21. The van der Waals surface area contributed by atoms with Crippen molar-refractivity contribution in [3.8, 4) is 5.75 Å². The second-order valence-corrected chi connectivity index (χ2v) is 5.80. The van der Waals surface area contributed by atoms with Crippen LogP contribution in [0.1, 0.15) is 12.8 Å². The van der Waals surface area contributed by atoms with Crippen LogP contribution in [0.4, 0.5) is 0 Å². The molecule has 1 amide bonds. The molecule has 4 nitrogen and oxygen atoms in total. The zero-order chi connectivity index (χ0) is 14.8. The normalized spacial score (nSPS) is 10.7. The summed E-state index contributed by atoms with van der Waals surface area (Å²) in [5.41, 5.74) is 0. The van der Waals surface area contributed by atoms with Crippen LogP contribution in [0.3, 0.4) is 0 Å². The van der Waals surface area contributed by atoms with Crippen molar-refractivity contribution in [3.63, 3.8) is 0 Å². The highest BCUT2D eigenvalue weighted by Gasteiger charge is 2.07. The molecular weight excluding hydrogens is 342 g/mol. The standard InChI is InChI=1S/C14H15BrNO3S/c1-2-20-14(18)10-16-13(17)7-4-8-19-12-6-3-5-11(15)9-12/h3,5-6,9-10H,1-2,4,7-8H2/q-1/p+1. The van der Waals surface area contributed by atoms with Crippen molar-refractivity contribution in [1.29, 1.82) is 0 Å². The van der Waals surface area contributed by atoms with Gasteiger partial charge in [0.2, 0.25) is 6.21 Å². The lowest BCUT2D eigenvalue weighted by atomic mass is 10.3. The minimum Gasteiger partial charge on any atom is -0.494 e. The summed E-state index contributed by atoms with van der Waals surface area (Å²) >= 11 is 4.41.